The summed E-state index contributed by atoms with van der Waals surface area (Å²) in [5.41, 5.74) is 2.49. The van der Waals surface area contributed by atoms with E-state index < -0.39 is 0 Å². The van der Waals surface area contributed by atoms with Crippen LogP contribution in [0.25, 0.3) is 0 Å². The first-order chi connectivity index (χ1) is 9.81. The van der Waals surface area contributed by atoms with Crippen molar-refractivity contribution in [3.63, 3.8) is 0 Å². The van der Waals surface area contributed by atoms with Crippen molar-refractivity contribution >= 4 is 11.4 Å². The Labute approximate surface area is 124 Å². The standard InChI is InChI=1S/C11H17N3.C3H9N.C2H6/c1-12-10-2-4-11(5-3-10)14-8-6-13-7-9-14;1-3-4-2;1-2/h2-5,12-13H,6-9H2,1H3;4H,3H2,1-2H3;1-2H3. The number of nitrogens with one attached hydrogen (secondary N) is 3. The molecule has 0 bridgehead atoms. The summed E-state index contributed by atoms with van der Waals surface area (Å²) in [5, 5.41) is 9.41. The van der Waals surface area contributed by atoms with E-state index in [1.54, 1.807) is 0 Å². The number of rotatable bonds is 3. The lowest BCUT2D eigenvalue weighted by atomic mass is 10.2. The Morgan fingerprint density at radius 2 is 1.55 bits per heavy atom. The van der Waals surface area contributed by atoms with Crippen LogP contribution in [-0.4, -0.2) is 46.8 Å². The number of piperazine rings is 1. The van der Waals surface area contributed by atoms with Crippen LogP contribution < -0.4 is 20.9 Å². The van der Waals surface area contributed by atoms with E-state index in [9.17, 15) is 0 Å². The molecule has 0 saturated carbocycles. The van der Waals surface area contributed by atoms with E-state index in [0.717, 1.165) is 32.7 Å². The van der Waals surface area contributed by atoms with Crippen molar-refractivity contribution in [2.45, 2.75) is 20.8 Å². The summed E-state index contributed by atoms with van der Waals surface area (Å²) in [7, 11) is 3.87. The van der Waals surface area contributed by atoms with Gasteiger partial charge in [0.2, 0.25) is 0 Å². The van der Waals surface area contributed by atoms with Crippen LogP contribution >= 0.6 is 0 Å². The Kier molecular flexibility index (Phi) is 12.0. The van der Waals surface area contributed by atoms with E-state index in [0.29, 0.717) is 0 Å². The highest BCUT2D eigenvalue weighted by Gasteiger charge is 2.09. The van der Waals surface area contributed by atoms with Gasteiger partial charge in [0, 0.05) is 44.6 Å². The minimum Gasteiger partial charge on any atom is -0.388 e. The zero-order valence-corrected chi connectivity index (χ0v) is 13.8. The van der Waals surface area contributed by atoms with Crippen LogP contribution in [0, 0.1) is 0 Å². The van der Waals surface area contributed by atoms with E-state index in [-0.39, 0.29) is 0 Å². The van der Waals surface area contributed by atoms with Gasteiger partial charge in [-0.15, -0.1) is 0 Å². The molecular weight excluding hydrogens is 248 g/mol. The first-order valence-corrected chi connectivity index (χ1v) is 7.70. The van der Waals surface area contributed by atoms with Crippen molar-refractivity contribution in [2.24, 2.45) is 0 Å². The average Bonchev–Trinajstić information content (AvgIpc) is 2.58. The zero-order chi connectivity index (χ0) is 15.2. The molecule has 0 radical (unpaired) electrons. The normalized spacial score (nSPS) is 13.6. The second kappa shape index (κ2) is 12.8. The molecule has 0 amide bonds. The molecule has 1 aromatic carbocycles. The van der Waals surface area contributed by atoms with Crippen LogP contribution in [0.2, 0.25) is 0 Å². The Morgan fingerprint density at radius 3 is 1.95 bits per heavy atom. The minimum atomic E-state index is 1.07. The molecule has 0 aromatic heterocycles. The first kappa shape index (κ1) is 18.7. The summed E-state index contributed by atoms with van der Waals surface area (Å²) in [5.74, 6) is 0. The number of anilines is 2. The van der Waals surface area contributed by atoms with Crippen molar-refractivity contribution in [1.82, 2.24) is 10.6 Å². The van der Waals surface area contributed by atoms with E-state index in [1.807, 2.05) is 27.9 Å². The summed E-state index contributed by atoms with van der Waals surface area (Å²) in [6.45, 7) is 11.5. The van der Waals surface area contributed by atoms with Crippen LogP contribution in [0.3, 0.4) is 0 Å². The molecule has 20 heavy (non-hydrogen) atoms. The molecule has 0 aliphatic carbocycles. The van der Waals surface area contributed by atoms with Crippen LogP contribution in [-0.2, 0) is 0 Å². The number of hydrogen-bond donors (Lipinski definition) is 3. The van der Waals surface area contributed by atoms with Gasteiger partial charge in [0.05, 0.1) is 0 Å². The molecule has 1 aliphatic rings. The van der Waals surface area contributed by atoms with Crippen molar-refractivity contribution in [3.8, 4) is 0 Å². The molecule has 1 heterocycles. The van der Waals surface area contributed by atoms with Crippen LogP contribution in [0.5, 0.6) is 0 Å². The second-order valence-corrected chi connectivity index (χ2v) is 4.24. The van der Waals surface area contributed by atoms with Crippen molar-refractivity contribution in [2.75, 3.05) is 57.0 Å². The third-order valence-corrected chi connectivity index (χ3v) is 2.99. The van der Waals surface area contributed by atoms with Gasteiger partial charge in [0.15, 0.2) is 0 Å². The van der Waals surface area contributed by atoms with E-state index in [2.05, 4.69) is 52.0 Å². The van der Waals surface area contributed by atoms with Gasteiger partial charge in [-0.25, -0.2) is 0 Å². The largest absolute Gasteiger partial charge is 0.388 e. The Balaban J connectivity index is 0.000000521. The molecule has 3 N–H and O–H groups in total. The topological polar surface area (TPSA) is 39.3 Å². The highest BCUT2D eigenvalue weighted by Crippen LogP contribution is 2.17. The molecule has 1 saturated heterocycles. The maximum Gasteiger partial charge on any atom is 0.0368 e. The Bertz CT molecular complexity index is 303. The molecule has 2 rings (SSSR count). The van der Waals surface area contributed by atoms with E-state index >= 15 is 0 Å². The Hall–Kier alpha value is -1.26. The molecule has 4 heteroatoms. The van der Waals surface area contributed by atoms with Gasteiger partial charge in [-0.05, 0) is 37.9 Å². The van der Waals surface area contributed by atoms with E-state index in [1.165, 1.54) is 11.4 Å². The van der Waals surface area contributed by atoms with Crippen LogP contribution in [0.4, 0.5) is 11.4 Å². The van der Waals surface area contributed by atoms with Gasteiger partial charge in [0.1, 0.15) is 0 Å². The molecule has 0 atom stereocenters. The van der Waals surface area contributed by atoms with Crippen molar-refractivity contribution < 1.29 is 0 Å². The summed E-state index contributed by atoms with van der Waals surface area (Å²) in [4.78, 5) is 2.41. The molecule has 1 aliphatic heterocycles. The summed E-state index contributed by atoms with van der Waals surface area (Å²) in [6, 6.07) is 8.60. The lowest BCUT2D eigenvalue weighted by Crippen LogP contribution is -2.43. The quantitative estimate of drug-likeness (QED) is 0.795. The maximum absolute atomic E-state index is 3.35. The average molecular weight is 280 g/mol. The highest BCUT2D eigenvalue weighted by atomic mass is 15.2. The van der Waals surface area contributed by atoms with Gasteiger partial charge in [-0.3, -0.25) is 0 Å². The van der Waals surface area contributed by atoms with Gasteiger partial charge in [-0.1, -0.05) is 20.8 Å². The van der Waals surface area contributed by atoms with Gasteiger partial charge < -0.3 is 20.9 Å². The molecule has 0 unspecified atom stereocenters. The minimum absolute atomic E-state index is 1.07. The van der Waals surface area contributed by atoms with Gasteiger partial charge in [0.25, 0.3) is 0 Å². The van der Waals surface area contributed by atoms with Gasteiger partial charge in [-0.2, -0.15) is 0 Å². The molecular formula is C16H32N4. The smallest absolute Gasteiger partial charge is 0.0368 e. The second-order valence-electron chi connectivity index (χ2n) is 4.24. The third-order valence-electron chi connectivity index (χ3n) is 2.99. The van der Waals surface area contributed by atoms with Crippen molar-refractivity contribution in [1.29, 1.82) is 0 Å². The zero-order valence-electron chi connectivity index (χ0n) is 13.8. The van der Waals surface area contributed by atoms with E-state index in [4.69, 9.17) is 0 Å². The molecule has 1 aromatic rings. The summed E-state index contributed by atoms with van der Waals surface area (Å²) < 4.78 is 0. The number of benzene rings is 1. The SMILES string of the molecule is CC.CCNC.CNc1ccc(N2CCNCC2)cc1. The molecule has 4 nitrogen and oxygen atoms in total. The number of hydrogen-bond acceptors (Lipinski definition) is 4. The first-order valence-electron chi connectivity index (χ1n) is 7.70. The van der Waals surface area contributed by atoms with Crippen LogP contribution in [0.1, 0.15) is 20.8 Å². The molecule has 116 valence electrons. The third kappa shape index (κ3) is 7.36. The fourth-order valence-electron chi connectivity index (χ4n) is 1.76. The van der Waals surface area contributed by atoms with Gasteiger partial charge >= 0.3 is 0 Å². The summed E-state index contributed by atoms with van der Waals surface area (Å²) in [6.07, 6.45) is 0. The summed E-state index contributed by atoms with van der Waals surface area (Å²) >= 11 is 0. The predicted octanol–water partition coefficient (Wildman–Crippen LogP) is 2.39. The number of nitrogens with zero attached hydrogens (tertiary/aromatic N) is 1. The highest BCUT2D eigenvalue weighted by molar-refractivity contribution is 5.55. The fourth-order valence-corrected chi connectivity index (χ4v) is 1.76. The monoisotopic (exact) mass is 280 g/mol. The molecule has 1 fully saturated rings. The lowest BCUT2D eigenvalue weighted by molar-refractivity contribution is 0.589. The fraction of sp³-hybridized carbons (Fsp3) is 0.625. The molecule has 0 spiro atoms. The lowest BCUT2D eigenvalue weighted by Gasteiger charge is -2.29. The van der Waals surface area contributed by atoms with Crippen molar-refractivity contribution in [3.05, 3.63) is 24.3 Å². The Morgan fingerprint density at radius 1 is 1.05 bits per heavy atom. The predicted molar refractivity (Wildman–Crippen MR) is 92.0 cm³/mol. The maximum atomic E-state index is 3.35. The van der Waals surface area contributed by atoms with Crippen LogP contribution in [0.15, 0.2) is 24.3 Å².